The zero-order valence-electron chi connectivity index (χ0n) is 14.6. The SMILES string of the molecule is CC(C)[C@H](CO)Nc1nc(NCCc2ccncc2)cc(C(F)(F)F)n1. The zero-order valence-corrected chi connectivity index (χ0v) is 14.6. The third-order valence-corrected chi connectivity index (χ3v) is 3.80. The number of anilines is 2. The molecule has 0 bridgehead atoms. The van der Waals surface area contributed by atoms with E-state index in [4.69, 9.17) is 0 Å². The first-order valence-electron chi connectivity index (χ1n) is 8.26. The molecule has 2 rings (SSSR count). The molecule has 2 aromatic rings. The summed E-state index contributed by atoms with van der Waals surface area (Å²) >= 11 is 0. The molecule has 9 heteroatoms. The smallest absolute Gasteiger partial charge is 0.394 e. The van der Waals surface area contributed by atoms with Gasteiger partial charge in [0.2, 0.25) is 5.95 Å². The Morgan fingerprint density at radius 2 is 1.85 bits per heavy atom. The molecule has 0 aromatic carbocycles. The minimum atomic E-state index is -4.59. The van der Waals surface area contributed by atoms with E-state index < -0.39 is 17.9 Å². The van der Waals surface area contributed by atoms with Gasteiger partial charge in [-0.25, -0.2) is 4.98 Å². The van der Waals surface area contributed by atoms with Crippen LogP contribution >= 0.6 is 0 Å². The Hall–Kier alpha value is -2.42. The van der Waals surface area contributed by atoms with Crippen LogP contribution in [0.25, 0.3) is 0 Å². The lowest BCUT2D eigenvalue weighted by atomic mass is 10.1. The number of hydrogen-bond acceptors (Lipinski definition) is 6. The monoisotopic (exact) mass is 369 g/mol. The molecule has 0 radical (unpaired) electrons. The predicted octanol–water partition coefficient (Wildman–Crippen LogP) is 2.97. The maximum atomic E-state index is 13.1. The molecule has 0 amide bonds. The van der Waals surface area contributed by atoms with Gasteiger partial charge in [0, 0.05) is 25.0 Å². The van der Waals surface area contributed by atoms with Crippen LogP contribution < -0.4 is 10.6 Å². The summed E-state index contributed by atoms with van der Waals surface area (Å²) in [6, 6.07) is 4.11. The minimum absolute atomic E-state index is 0.00115. The Kier molecular flexibility index (Phi) is 6.73. The fourth-order valence-corrected chi connectivity index (χ4v) is 2.22. The van der Waals surface area contributed by atoms with Crippen LogP contribution in [-0.2, 0) is 12.6 Å². The fraction of sp³-hybridized carbons (Fsp3) is 0.471. The van der Waals surface area contributed by atoms with Gasteiger partial charge in [0.1, 0.15) is 5.82 Å². The standard InChI is InChI=1S/C17H22F3N5O/c1-11(2)13(10-26)23-16-24-14(17(18,19)20)9-15(25-16)22-8-5-12-3-6-21-7-4-12/h3-4,6-7,9,11,13,26H,5,8,10H2,1-2H3,(H2,22,23,24,25)/t13-/m0/s1. The van der Waals surface area contributed by atoms with E-state index in [1.165, 1.54) is 0 Å². The van der Waals surface area contributed by atoms with Crippen LogP contribution in [0.1, 0.15) is 25.1 Å². The van der Waals surface area contributed by atoms with Crippen molar-refractivity contribution in [3.05, 3.63) is 41.9 Å². The first kappa shape index (κ1) is 19.9. The van der Waals surface area contributed by atoms with Gasteiger partial charge in [0.15, 0.2) is 5.69 Å². The summed E-state index contributed by atoms with van der Waals surface area (Å²) in [6.45, 7) is 3.86. The molecule has 0 fully saturated rings. The highest BCUT2D eigenvalue weighted by atomic mass is 19.4. The minimum Gasteiger partial charge on any atom is -0.394 e. The van der Waals surface area contributed by atoms with Crippen molar-refractivity contribution in [2.24, 2.45) is 5.92 Å². The Morgan fingerprint density at radius 1 is 1.15 bits per heavy atom. The van der Waals surface area contributed by atoms with Gasteiger partial charge in [-0.05, 0) is 30.0 Å². The van der Waals surface area contributed by atoms with Crippen molar-refractivity contribution < 1.29 is 18.3 Å². The lowest BCUT2D eigenvalue weighted by Gasteiger charge is -2.21. The normalized spacial score (nSPS) is 12.9. The van der Waals surface area contributed by atoms with Crippen molar-refractivity contribution in [3.63, 3.8) is 0 Å². The first-order chi connectivity index (χ1) is 12.3. The van der Waals surface area contributed by atoms with Crippen LogP contribution in [0.5, 0.6) is 0 Å². The summed E-state index contributed by atoms with van der Waals surface area (Å²) in [5, 5.41) is 15.0. The van der Waals surface area contributed by atoms with Crippen molar-refractivity contribution in [2.75, 3.05) is 23.8 Å². The maximum Gasteiger partial charge on any atom is 0.433 e. The number of rotatable bonds is 8. The summed E-state index contributed by atoms with van der Waals surface area (Å²) in [4.78, 5) is 11.5. The molecule has 1 atom stereocenters. The maximum absolute atomic E-state index is 13.1. The van der Waals surface area contributed by atoms with Crippen LogP contribution in [0.15, 0.2) is 30.6 Å². The molecule has 0 unspecified atom stereocenters. The largest absolute Gasteiger partial charge is 0.433 e. The summed E-state index contributed by atoms with van der Waals surface area (Å²) in [7, 11) is 0. The number of nitrogens with one attached hydrogen (secondary N) is 2. The molecule has 0 saturated carbocycles. The Bertz CT molecular complexity index is 695. The molecule has 2 heterocycles. The van der Waals surface area contributed by atoms with Crippen molar-refractivity contribution in [3.8, 4) is 0 Å². The lowest BCUT2D eigenvalue weighted by Crippen LogP contribution is -2.31. The Morgan fingerprint density at radius 3 is 2.42 bits per heavy atom. The van der Waals surface area contributed by atoms with Gasteiger partial charge in [0.25, 0.3) is 0 Å². The van der Waals surface area contributed by atoms with Crippen LogP contribution in [-0.4, -0.2) is 39.3 Å². The van der Waals surface area contributed by atoms with Crippen LogP contribution in [0.3, 0.4) is 0 Å². The number of nitrogens with zero attached hydrogens (tertiary/aromatic N) is 3. The summed E-state index contributed by atoms with van der Waals surface area (Å²) < 4.78 is 39.3. The summed E-state index contributed by atoms with van der Waals surface area (Å²) in [5.74, 6) is -0.0930. The van der Waals surface area contributed by atoms with E-state index in [9.17, 15) is 18.3 Å². The van der Waals surface area contributed by atoms with E-state index in [1.54, 1.807) is 12.4 Å². The Balaban J connectivity index is 2.14. The second kappa shape index (κ2) is 8.79. The third-order valence-electron chi connectivity index (χ3n) is 3.80. The summed E-state index contributed by atoms with van der Waals surface area (Å²) in [6.07, 6.45) is -0.662. The number of aromatic nitrogens is 3. The van der Waals surface area contributed by atoms with Gasteiger partial charge < -0.3 is 15.7 Å². The highest BCUT2D eigenvalue weighted by molar-refractivity contribution is 5.43. The Labute approximate surface area is 149 Å². The number of aliphatic hydroxyl groups is 1. The molecule has 0 spiro atoms. The van der Waals surface area contributed by atoms with Gasteiger partial charge in [0.05, 0.1) is 12.6 Å². The lowest BCUT2D eigenvalue weighted by molar-refractivity contribution is -0.141. The van der Waals surface area contributed by atoms with E-state index in [0.717, 1.165) is 11.6 Å². The molecule has 3 N–H and O–H groups in total. The second-order valence-electron chi connectivity index (χ2n) is 6.17. The molecular weight excluding hydrogens is 347 g/mol. The molecule has 0 aliphatic heterocycles. The number of alkyl halides is 3. The number of hydrogen-bond donors (Lipinski definition) is 3. The summed E-state index contributed by atoms with van der Waals surface area (Å²) in [5.41, 5.74) is -0.0297. The molecule has 0 saturated heterocycles. The fourth-order valence-electron chi connectivity index (χ4n) is 2.22. The van der Waals surface area contributed by atoms with Crippen LogP contribution in [0.2, 0.25) is 0 Å². The molecular formula is C17H22F3N5O. The van der Waals surface area contributed by atoms with Gasteiger partial charge >= 0.3 is 6.18 Å². The van der Waals surface area contributed by atoms with E-state index in [0.29, 0.717) is 13.0 Å². The van der Waals surface area contributed by atoms with E-state index in [1.807, 2.05) is 26.0 Å². The highest BCUT2D eigenvalue weighted by Gasteiger charge is 2.34. The van der Waals surface area contributed by atoms with E-state index in [2.05, 4.69) is 25.6 Å². The third kappa shape index (κ3) is 5.83. The molecule has 142 valence electrons. The van der Waals surface area contributed by atoms with Crippen molar-refractivity contribution in [2.45, 2.75) is 32.5 Å². The van der Waals surface area contributed by atoms with E-state index in [-0.39, 0.29) is 24.3 Å². The molecule has 6 nitrogen and oxygen atoms in total. The average Bonchev–Trinajstić information content (AvgIpc) is 2.59. The second-order valence-corrected chi connectivity index (χ2v) is 6.17. The number of halogens is 3. The first-order valence-corrected chi connectivity index (χ1v) is 8.26. The predicted molar refractivity (Wildman–Crippen MR) is 92.8 cm³/mol. The number of pyridine rings is 1. The molecule has 0 aliphatic rings. The van der Waals surface area contributed by atoms with Crippen molar-refractivity contribution in [1.29, 1.82) is 0 Å². The van der Waals surface area contributed by atoms with Gasteiger partial charge in [-0.2, -0.15) is 18.2 Å². The van der Waals surface area contributed by atoms with Gasteiger partial charge in [-0.3, -0.25) is 4.98 Å². The quantitative estimate of drug-likeness (QED) is 0.664. The van der Waals surface area contributed by atoms with Crippen molar-refractivity contribution >= 4 is 11.8 Å². The molecule has 0 aliphatic carbocycles. The van der Waals surface area contributed by atoms with Gasteiger partial charge in [-0.1, -0.05) is 13.8 Å². The van der Waals surface area contributed by atoms with Crippen molar-refractivity contribution in [1.82, 2.24) is 15.0 Å². The average molecular weight is 369 g/mol. The van der Waals surface area contributed by atoms with Crippen LogP contribution in [0, 0.1) is 5.92 Å². The van der Waals surface area contributed by atoms with Crippen LogP contribution in [0.4, 0.5) is 24.9 Å². The zero-order chi connectivity index (χ0) is 19.2. The van der Waals surface area contributed by atoms with Gasteiger partial charge in [-0.15, -0.1) is 0 Å². The number of aliphatic hydroxyl groups excluding tert-OH is 1. The highest BCUT2D eigenvalue weighted by Crippen LogP contribution is 2.30. The topological polar surface area (TPSA) is 83.0 Å². The molecule has 2 aromatic heterocycles. The van der Waals surface area contributed by atoms with E-state index >= 15 is 0 Å². The molecule has 26 heavy (non-hydrogen) atoms.